The van der Waals surface area contributed by atoms with Crippen LogP contribution in [0.15, 0.2) is 97.1 Å². The van der Waals surface area contributed by atoms with Gasteiger partial charge < -0.3 is 9.47 Å². The molecule has 8 rings (SSSR count). The van der Waals surface area contributed by atoms with Gasteiger partial charge in [-0.05, 0) is 87.2 Å². The fourth-order valence-electron chi connectivity index (χ4n) is 7.41. The number of anilines is 3. The van der Waals surface area contributed by atoms with Crippen molar-refractivity contribution in [3.8, 4) is 5.69 Å². The zero-order valence-corrected chi connectivity index (χ0v) is 25.7. The monoisotopic (exact) mass is 544 g/mol. The highest BCUT2D eigenvalue weighted by Gasteiger charge is 2.42. The van der Waals surface area contributed by atoms with Gasteiger partial charge in [0.15, 0.2) is 0 Å². The first-order valence-electron chi connectivity index (χ1n) is 15.2. The highest BCUT2D eigenvalue weighted by Crippen LogP contribution is 2.42. The van der Waals surface area contributed by atoms with Gasteiger partial charge in [0.2, 0.25) is 0 Å². The van der Waals surface area contributed by atoms with E-state index in [0.29, 0.717) is 0 Å². The van der Waals surface area contributed by atoms with Crippen LogP contribution in [-0.2, 0) is 10.8 Å². The molecule has 3 heterocycles. The smallest absolute Gasteiger partial charge is 0.252 e. The molecule has 5 aromatic carbocycles. The Morgan fingerprint density at radius 2 is 1.24 bits per heavy atom. The van der Waals surface area contributed by atoms with Crippen molar-refractivity contribution in [2.45, 2.75) is 59.3 Å². The summed E-state index contributed by atoms with van der Waals surface area (Å²) in [6.45, 7) is 16.2. The third kappa shape index (κ3) is 3.46. The first-order valence-corrected chi connectivity index (χ1v) is 15.2. The summed E-state index contributed by atoms with van der Waals surface area (Å²) in [5.41, 5.74) is 16.1. The molecule has 42 heavy (non-hydrogen) atoms. The molecule has 0 bridgehead atoms. The van der Waals surface area contributed by atoms with E-state index < -0.39 is 0 Å². The Labute approximate surface area is 249 Å². The summed E-state index contributed by atoms with van der Waals surface area (Å²) in [7, 11) is 0. The number of hydrogen-bond donors (Lipinski definition) is 0. The molecule has 0 radical (unpaired) electrons. The summed E-state index contributed by atoms with van der Waals surface area (Å²) in [6.07, 6.45) is 0. The van der Waals surface area contributed by atoms with Gasteiger partial charge in [-0.3, -0.25) is 0 Å². The molecule has 2 aliphatic rings. The van der Waals surface area contributed by atoms with Gasteiger partial charge >= 0.3 is 0 Å². The molecule has 0 spiro atoms. The van der Waals surface area contributed by atoms with Crippen molar-refractivity contribution in [2.24, 2.45) is 0 Å². The lowest BCUT2D eigenvalue weighted by Crippen LogP contribution is -2.60. The van der Waals surface area contributed by atoms with E-state index in [-0.39, 0.29) is 17.5 Å². The molecule has 0 aliphatic carbocycles. The first-order chi connectivity index (χ1) is 20.0. The predicted molar refractivity (Wildman–Crippen MR) is 182 cm³/mol. The second kappa shape index (κ2) is 8.41. The highest BCUT2D eigenvalue weighted by atomic mass is 15.2. The number of hydrogen-bond acceptors (Lipinski definition) is 1. The lowest BCUT2D eigenvalue weighted by atomic mass is 9.33. The summed E-state index contributed by atoms with van der Waals surface area (Å²) < 4.78 is 2.54. The third-order valence-electron chi connectivity index (χ3n) is 9.53. The predicted octanol–water partition coefficient (Wildman–Crippen LogP) is 8.30. The second-order valence-corrected chi connectivity index (χ2v) is 14.4. The Hall–Kier alpha value is -4.24. The maximum atomic E-state index is 2.54. The number of fused-ring (bicyclic) bond motifs is 7. The molecule has 3 heteroatoms. The zero-order chi connectivity index (χ0) is 29.1. The second-order valence-electron chi connectivity index (χ2n) is 14.4. The topological polar surface area (TPSA) is 8.17 Å². The standard InChI is InChI=1S/C39H37BN2/c1-24-21-34-36-35(22-24)42-32-14-9-8-11-28(32)29-12-10-13-30(37(29)42)40(36)31-23-26(39(5,6)7)17-20-33(31)41(34)27-18-15-25(16-19-27)38(2,3)4/h8-23H,1-7H3. The largest absolute Gasteiger partial charge is 0.311 e. The molecule has 206 valence electrons. The molecule has 6 aromatic rings. The lowest BCUT2D eigenvalue weighted by Gasteiger charge is -2.41. The van der Waals surface area contributed by atoms with Crippen molar-refractivity contribution in [3.63, 3.8) is 0 Å². The van der Waals surface area contributed by atoms with Crippen LogP contribution in [0.4, 0.5) is 17.1 Å². The van der Waals surface area contributed by atoms with Crippen molar-refractivity contribution in [2.75, 3.05) is 4.90 Å². The molecule has 2 nitrogen and oxygen atoms in total. The maximum Gasteiger partial charge on any atom is 0.252 e. The van der Waals surface area contributed by atoms with Gasteiger partial charge in [-0.25, -0.2) is 0 Å². The molecule has 1 aromatic heterocycles. The number of rotatable bonds is 1. The van der Waals surface area contributed by atoms with Crippen molar-refractivity contribution in [1.82, 2.24) is 4.57 Å². The van der Waals surface area contributed by atoms with E-state index in [9.17, 15) is 0 Å². The summed E-state index contributed by atoms with van der Waals surface area (Å²) in [4.78, 5) is 2.52. The van der Waals surface area contributed by atoms with Gasteiger partial charge in [0.25, 0.3) is 6.71 Å². The van der Waals surface area contributed by atoms with E-state index in [2.05, 4.69) is 155 Å². The van der Waals surface area contributed by atoms with Crippen LogP contribution >= 0.6 is 0 Å². The van der Waals surface area contributed by atoms with E-state index in [0.717, 1.165) is 0 Å². The van der Waals surface area contributed by atoms with Crippen molar-refractivity contribution in [1.29, 1.82) is 0 Å². The SMILES string of the molecule is Cc1cc2c3c(c1)-n1c4ccccc4c4cccc(c41)B3c1cc(C(C)(C)C)ccc1N2c1ccc(C(C)(C)C)cc1. The minimum absolute atomic E-state index is 0.0557. The molecule has 0 saturated heterocycles. The first kappa shape index (κ1) is 25.5. The molecule has 0 amide bonds. The van der Waals surface area contributed by atoms with E-state index >= 15 is 0 Å². The lowest BCUT2D eigenvalue weighted by molar-refractivity contribution is 0.590. The highest BCUT2D eigenvalue weighted by molar-refractivity contribution is 7.00. The van der Waals surface area contributed by atoms with Gasteiger partial charge in [0.1, 0.15) is 0 Å². The van der Waals surface area contributed by atoms with Gasteiger partial charge in [-0.1, -0.05) is 102 Å². The Morgan fingerprint density at radius 3 is 1.98 bits per heavy atom. The van der Waals surface area contributed by atoms with E-state index in [1.165, 1.54) is 77.6 Å². The Morgan fingerprint density at radius 1 is 0.571 bits per heavy atom. The van der Waals surface area contributed by atoms with E-state index in [1.807, 2.05) is 0 Å². The molecule has 0 unspecified atom stereocenters. The molecule has 0 atom stereocenters. The number of aryl methyl sites for hydroxylation is 1. The number of benzene rings is 5. The van der Waals surface area contributed by atoms with Crippen molar-refractivity contribution >= 4 is 62.0 Å². The molecule has 0 saturated carbocycles. The van der Waals surface area contributed by atoms with Crippen LogP contribution < -0.4 is 21.3 Å². The van der Waals surface area contributed by atoms with Crippen LogP contribution in [-0.4, -0.2) is 11.3 Å². The Bertz CT molecular complexity index is 2070. The summed E-state index contributed by atoms with van der Waals surface area (Å²) in [5, 5.41) is 2.66. The Kier molecular flexibility index (Phi) is 5.10. The summed E-state index contributed by atoms with van der Waals surface area (Å²) in [6, 6.07) is 37.1. The zero-order valence-electron chi connectivity index (χ0n) is 25.7. The van der Waals surface area contributed by atoms with Crippen LogP contribution in [0.25, 0.3) is 27.5 Å². The van der Waals surface area contributed by atoms with E-state index in [1.54, 1.807) is 0 Å². The molecule has 2 aliphatic heterocycles. The fraction of sp³-hybridized carbons (Fsp3) is 0.231. The van der Waals surface area contributed by atoms with Crippen LogP contribution in [0, 0.1) is 6.92 Å². The van der Waals surface area contributed by atoms with Crippen LogP contribution in [0.2, 0.25) is 0 Å². The molecule has 0 N–H and O–H groups in total. The maximum absolute atomic E-state index is 2.54. The third-order valence-corrected chi connectivity index (χ3v) is 9.53. The van der Waals surface area contributed by atoms with Crippen LogP contribution in [0.1, 0.15) is 58.2 Å². The quantitative estimate of drug-likeness (QED) is 0.189. The van der Waals surface area contributed by atoms with Gasteiger partial charge in [0.05, 0.1) is 5.52 Å². The molecular formula is C39H37BN2. The Balaban J connectivity index is 1.51. The van der Waals surface area contributed by atoms with Crippen molar-refractivity contribution in [3.05, 3.63) is 114 Å². The van der Waals surface area contributed by atoms with Gasteiger partial charge in [-0.2, -0.15) is 0 Å². The average molecular weight is 545 g/mol. The van der Waals surface area contributed by atoms with Gasteiger partial charge in [-0.15, -0.1) is 0 Å². The van der Waals surface area contributed by atoms with Crippen LogP contribution in [0.3, 0.4) is 0 Å². The normalized spacial score (nSPS) is 14.0. The minimum atomic E-state index is 0.0557. The van der Waals surface area contributed by atoms with Gasteiger partial charge in [0, 0.05) is 39.0 Å². The van der Waals surface area contributed by atoms with Crippen molar-refractivity contribution < 1.29 is 0 Å². The summed E-state index contributed by atoms with van der Waals surface area (Å²) in [5.74, 6) is 0. The average Bonchev–Trinajstić information content (AvgIpc) is 3.29. The van der Waals surface area contributed by atoms with E-state index in [4.69, 9.17) is 0 Å². The fourth-order valence-corrected chi connectivity index (χ4v) is 7.41. The molecular weight excluding hydrogens is 507 g/mol. The number of para-hydroxylation sites is 2. The summed E-state index contributed by atoms with van der Waals surface area (Å²) >= 11 is 0. The molecule has 0 fully saturated rings. The number of aromatic nitrogens is 1. The number of nitrogens with zero attached hydrogens (tertiary/aromatic N) is 2. The minimum Gasteiger partial charge on any atom is -0.311 e. The van der Waals surface area contributed by atoms with Crippen LogP contribution in [0.5, 0.6) is 0 Å².